The number of carboxylic acid groups (broad SMARTS) is 1. The number of hydrogen-bond acceptors (Lipinski definition) is 5. The molecule has 9 heteroatoms. The van der Waals surface area contributed by atoms with Gasteiger partial charge in [-0.2, -0.15) is 0 Å². The molecule has 1 fully saturated rings. The molecule has 0 radical (unpaired) electrons. The number of nitrogens with zero attached hydrogens (tertiary/aromatic N) is 1. The minimum absolute atomic E-state index is 0.231. The molecule has 5 nitrogen and oxygen atoms in total. The van der Waals surface area contributed by atoms with Gasteiger partial charge in [0.2, 0.25) is 0 Å². The topological polar surface area (TPSA) is 66.8 Å². The lowest BCUT2D eigenvalue weighted by molar-refractivity contribution is -0.140. The van der Waals surface area contributed by atoms with Crippen LogP contribution in [0.4, 0.5) is 0 Å². The quantitative estimate of drug-likeness (QED) is 0.293. The molecule has 1 N–H and O–H groups in total. The fourth-order valence-electron chi connectivity index (χ4n) is 2.45. The lowest BCUT2D eigenvalue weighted by Crippen LogP contribution is -2.33. The van der Waals surface area contributed by atoms with Crippen molar-refractivity contribution in [2.75, 3.05) is 6.54 Å². The van der Waals surface area contributed by atoms with Crippen molar-refractivity contribution in [3.05, 3.63) is 66.5 Å². The second-order valence-electron chi connectivity index (χ2n) is 5.72. The summed E-state index contributed by atoms with van der Waals surface area (Å²) in [5.41, 5.74) is 1.76. The largest absolute Gasteiger partial charge is 0.488 e. The molecule has 1 aliphatic heterocycles. The number of thioether (sulfide) groups is 1. The Morgan fingerprint density at radius 1 is 1.32 bits per heavy atom. The van der Waals surface area contributed by atoms with Crippen LogP contribution in [-0.4, -0.2) is 32.7 Å². The number of thiocarbonyl (C=S) groups is 1. The van der Waals surface area contributed by atoms with Crippen LogP contribution < -0.4 is 4.74 Å². The summed E-state index contributed by atoms with van der Waals surface area (Å²) in [7, 11) is 0. The first kappa shape index (κ1) is 21.3. The molecule has 28 heavy (non-hydrogen) atoms. The highest BCUT2D eigenvalue weighted by Crippen LogP contribution is 2.35. The first-order valence-corrected chi connectivity index (χ1v) is 11.1. The molecule has 2 aromatic rings. The second kappa shape index (κ2) is 9.38. The van der Waals surface area contributed by atoms with Crippen molar-refractivity contribution < 1.29 is 19.4 Å². The third-order valence-corrected chi connectivity index (χ3v) is 6.69. The van der Waals surface area contributed by atoms with E-state index in [1.54, 1.807) is 6.08 Å². The molecule has 1 heterocycles. The van der Waals surface area contributed by atoms with Crippen molar-refractivity contribution in [1.29, 1.82) is 0 Å². The Morgan fingerprint density at radius 2 is 2.07 bits per heavy atom. The fraction of sp³-hybridized carbons (Fsp3) is 0.105. The van der Waals surface area contributed by atoms with Crippen LogP contribution in [0.5, 0.6) is 5.75 Å². The maximum Gasteiger partial charge on any atom is 0.323 e. The van der Waals surface area contributed by atoms with Gasteiger partial charge in [-0.15, -0.1) is 0 Å². The molecule has 144 valence electrons. The van der Waals surface area contributed by atoms with Crippen LogP contribution in [0.1, 0.15) is 11.1 Å². The molecular weight excluding hydrogens is 577 g/mol. The molecule has 0 spiro atoms. The molecule has 1 amide bonds. The second-order valence-corrected chi connectivity index (χ2v) is 9.48. The summed E-state index contributed by atoms with van der Waals surface area (Å²) in [6, 6.07) is 13.5. The number of benzene rings is 2. The van der Waals surface area contributed by atoms with E-state index >= 15 is 0 Å². The van der Waals surface area contributed by atoms with Crippen LogP contribution in [0.3, 0.4) is 0 Å². The molecule has 1 saturated heterocycles. The van der Waals surface area contributed by atoms with Gasteiger partial charge in [-0.3, -0.25) is 14.5 Å². The van der Waals surface area contributed by atoms with E-state index in [1.165, 1.54) is 0 Å². The van der Waals surface area contributed by atoms with Gasteiger partial charge in [-0.25, -0.2) is 0 Å². The number of hydrogen-bond donors (Lipinski definition) is 1. The first-order valence-electron chi connectivity index (χ1n) is 7.98. The van der Waals surface area contributed by atoms with Gasteiger partial charge in [0.15, 0.2) is 0 Å². The van der Waals surface area contributed by atoms with Gasteiger partial charge in [-0.05, 0) is 52.9 Å². The average molecular weight is 590 g/mol. The number of rotatable bonds is 6. The minimum Gasteiger partial charge on any atom is -0.488 e. The van der Waals surface area contributed by atoms with Crippen LogP contribution in [0.25, 0.3) is 6.08 Å². The van der Waals surface area contributed by atoms with E-state index in [0.717, 1.165) is 30.3 Å². The SMILES string of the molecule is O=C(O)CN1C(=O)/C(=C/c2cc(Br)ccc2OCc2ccccc2I)SC1=S. The summed E-state index contributed by atoms with van der Waals surface area (Å²) in [5.74, 6) is -0.909. The highest BCUT2D eigenvalue weighted by atomic mass is 127. The molecular formula is C19H13BrINO4S2. The molecule has 0 unspecified atom stereocenters. The zero-order valence-corrected chi connectivity index (χ0v) is 19.6. The number of aliphatic carboxylic acids is 1. The lowest BCUT2D eigenvalue weighted by Gasteiger charge is -2.12. The van der Waals surface area contributed by atoms with E-state index in [0.29, 0.717) is 22.8 Å². The van der Waals surface area contributed by atoms with E-state index in [1.807, 2.05) is 42.5 Å². The Kier molecular flexibility index (Phi) is 7.13. The number of halogens is 2. The van der Waals surface area contributed by atoms with Gasteiger partial charge >= 0.3 is 5.97 Å². The molecule has 0 aromatic heterocycles. The van der Waals surface area contributed by atoms with Crippen LogP contribution in [0.2, 0.25) is 0 Å². The van der Waals surface area contributed by atoms with Crippen molar-refractivity contribution in [2.45, 2.75) is 6.61 Å². The standard InChI is InChI=1S/C19H13BrINO4S2/c20-13-5-6-15(26-10-11-3-1-2-4-14(11)21)12(7-13)8-16-18(25)22(9-17(23)24)19(27)28-16/h1-8H,9-10H2,(H,23,24)/b16-8-. The highest BCUT2D eigenvalue weighted by molar-refractivity contribution is 14.1. The van der Waals surface area contributed by atoms with E-state index in [4.69, 9.17) is 22.1 Å². The predicted molar refractivity (Wildman–Crippen MR) is 125 cm³/mol. The summed E-state index contributed by atoms with van der Waals surface area (Å²) in [4.78, 5) is 24.9. The molecule has 3 rings (SSSR count). The summed E-state index contributed by atoms with van der Waals surface area (Å²) in [5, 5.41) is 8.96. The zero-order chi connectivity index (χ0) is 20.3. The highest BCUT2D eigenvalue weighted by Gasteiger charge is 2.33. The summed E-state index contributed by atoms with van der Waals surface area (Å²) >= 11 is 11.9. The molecule has 1 aliphatic rings. The number of carbonyl (C=O) groups excluding carboxylic acids is 1. The van der Waals surface area contributed by atoms with Crippen molar-refractivity contribution in [2.24, 2.45) is 0 Å². The van der Waals surface area contributed by atoms with Gasteiger partial charge in [0.1, 0.15) is 23.2 Å². The molecule has 0 aliphatic carbocycles. The van der Waals surface area contributed by atoms with Crippen molar-refractivity contribution >= 4 is 84.8 Å². The Morgan fingerprint density at radius 3 is 2.79 bits per heavy atom. The van der Waals surface area contributed by atoms with E-state index in [2.05, 4.69) is 38.5 Å². The molecule has 2 aromatic carbocycles. The van der Waals surface area contributed by atoms with Crippen molar-refractivity contribution in [3.63, 3.8) is 0 Å². The maximum absolute atomic E-state index is 12.5. The number of carboxylic acids is 1. The van der Waals surface area contributed by atoms with Crippen LogP contribution in [0, 0.1) is 3.57 Å². The van der Waals surface area contributed by atoms with E-state index in [9.17, 15) is 9.59 Å². The molecule has 0 saturated carbocycles. The van der Waals surface area contributed by atoms with Gasteiger partial charge in [0.25, 0.3) is 5.91 Å². The predicted octanol–water partition coefficient (Wildman–Crippen LogP) is 4.92. The van der Waals surface area contributed by atoms with Crippen molar-refractivity contribution in [1.82, 2.24) is 4.90 Å². The Bertz CT molecular complexity index is 996. The Labute approximate surface area is 193 Å². The van der Waals surface area contributed by atoms with E-state index < -0.39 is 18.4 Å². The number of amides is 1. The van der Waals surface area contributed by atoms with Crippen molar-refractivity contribution in [3.8, 4) is 5.75 Å². The van der Waals surface area contributed by atoms with Crippen LogP contribution in [0.15, 0.2) is 51.8 Å². The monoisotopic (exact) mass is 589 g/mol. The number of ether oxygens (including phenoxy) is 1. The van der Waals surface area contributed by atoms with Gasteiger partial charge in [0, 0.05) is 19.2 Å². The van der Waals surface area contributed by atoms with E-state index in [-0.39, 0.29) is 4.32 Å². The Hall–Kier alpha value is -1.43. The third-order valence-electron chi connectivity index (χ3n) is 3.77. The van der Waals surface area contributed by atoms with Crippen LogP contribution in [-0.2, 0) is 16.2 Å². The number of carbonyl (C=O) groups is 2. The fourth-order valence-corrected chi connectivity index (χ4v) is 4.62. The van der Waals surface area contributed by atoms with Gasteiger partial charge in [-0.1, -0.05) is 58.1 Å². The van der Waals surface area contributed by atoms with Gasteiger partial charge < -0.3 is 9.84 Å². The lowest BCUT2D eigenvalue weighted by atomic mass is 10.1. The first-order chi connectivity index (χ1) is 13.3. The third kappa shape index (κ3) is 5.13. The zero-order valence-electron chi connectivity index (χ0n) is 14.2. The van der Waals surface area contributed by atoms with Crippen LogP contribution >= 0.6 is 62.5 Å². The smallest absolute Gasteiger partial charge is 0.323 e. The molecule has 0 bridgehead atoms. The maximum atomic E-state index is 12.5. The summed E-state index contributed by atoms with van der Waals surface area (Å²) < 4.78 is 8.16. The summed E-state index contributed by atoms with van der Waals surface area (Å²) in [6.07, 6.45) is 1.68. The average Bonchev–Trinajstić information content (AvgIpc) is 2.89. The van der Waals surface area contributed by atoms with Gasteiger partial charge in [0.05, 0.1) is 4.91 Å². The minimum atomic E-state index is -1.11. The normalized spacial score (nSPS) is 15.4. The molecule has 0 atom stereocenters. The Balaban J connectivity index is 1.86. The summed E-state index contributed by atoms with van der Waals surface area (Å²) in [6.45, 7) is -0.0577.